The molecule has 0 radical (unpaired) electrons. The molecule has 0 fully saturated rings. The van der Waals surface area contributed by atoms with E-state index in [2.05, 4.69) is 4.98 Å². The third-order valence-electron chi connectivity index (χ3n) is 1.21. The van der Waals surface area contributed by atoms with E-state index >= 15 is 0 Å². The van der Waals surface area contributed by atoms with Gasteiger partial charge in [0, 0.05) is 6.07 Å². The van der Waals surface area contributed by atoms with Crippen LogP contribution in [0.5, 0.6) is 0 Å². The highest BCUT2D eigenvalue weighted by Gasteiger charge is 1.96. The van der Waals surface area contributed by atoms with Gasteiger partial charge in [-0.2, -0.15) is 0 Å². The summed E-state index contributed by atoms with van der Waals surface area (Å²) in [5.41, 5.74) is 12.6. The summed E-state index contributed by atoms with van der Waals surface area (Å²) in [6.45, 7) is 1.88. The zero-order valence-corrected chi connectivity index (χ0v) is 5.31. The van der Waals surface area contributed by atoms with Crippen molar-refractivity contribution in [3.05, 3.63) is 17.8 Å². The van der Waals surface area contributed by atoms with E-state index in [0.29, 0.717) is 5.82 Å². The minimum Gasteiger partial charge on any atom is -0.396 e. The summed E-state index contributed by atoms with van der Waals surface area (Å²) in [6.07, 6.45) is 0. The van der Waals surface area contributed by atoms with Gasteiger partial charge in [0.05, 0.1) is 5.69 Å². The number of anilines is 2. The van der Waals surface area contributed by atoms with E-state index in [1.807, 2.05) is 6.92 Å². The molecule has 0 aliphatic carbocycles. The molecular formula is C6H10N3+. The normalized spacial score (nSPS) is 9.44. The molecule has 0 saturated heterocycles. The first-order valence-corrected chi connectivity index (χ1v) is 2.74. The van der Waals surface area contributed by atoms with Crippen LogP contribution >= 0.6 is 0 Å². The van der Waals surface area contributed by atoms with Gasteiger partial charge in [-0.05, 0) is 13.0 Å². The monoisotopic (exact) mass is 124 g/mol. The standard InChI is InChI=1S/C6H9N3/c1-4-5(7)2-3-6(8)9-4/h2-3H,7H2,1H3,(H2,8,9)/p+1. The van der Waals surface area contributed by atoms with Gasteiger partial charge in [-0.3, -0.25) is 5.73 Å². The molecule has 1 aromatic rings. The molecule has 3 heteroatoms. The lowest BCUT2D eigenvalue weighted by Crippen LogP contribution is -2.15. The van der Waals surface area contributed by atoms with Crippen LogP contribution in [-0.4, -0.2) is 0 Å². The Kier molecular flexibility index (Phi) is 1.26. The van der Waals surface area contributed by atoms with E-state index in [1.54, 1.807) is 12.1 Å². The van der Waals surface area contributed by atoms with E-state index < -0.39 is 0 Å². The van der Waals surface area contributed by atoms with Gasteiger partial charge in [0.25, 0.3) is 5.82 Å². The van der Waals surface area contributed by atoms with Crippen LogP contribution < -0.4 is 16.5 Å². The quantitative estimate of drug-likeness (QED) is 0.510. The number of H-pyrrole nitrogens is 1. The molecular weight excluding hydrogens is 114 g/mol. The van der Waals surface area contributed by atoms with Crippen molar-refractivity contribution in [1.82, 2.24) is 0 Å². The summed E-state index contributed by atoms with van der Waals surface area (Å²) in [4.78, 5) is 2.89. The van der Waals surface area contributed by atoms with Gasteiger partial charge in [-0.15, -0.1) is 0 Å². The van der Waals surface area contributed by atoms with Gasteiger partial charge in [-0.25, -0.2) is 4.98 Å². The molecule has 0 bridgehead atoms. The van der Waals surface area contributed by atoms with Crippen molar-refractivity contribution in [2.75, 3.05) is 11.5 Å². The Morgan fingerprint density at radius 1 is 1.33 bits per heavy atom. The van der Waals surface area contributed by atoms with Crippen LogP contribution in [-0.2, 0) is 0 Å². The lowest BCUT2D eigenvalue weighted by Gasteiger charge is -1.93. The number of aromatic amines is 1. The van der Waals surface area contributed by atoms with Crippen molar-refractivity contribution in [3.8, 4) is 0 Å². The molecule has 0 aromatic carbocycles. The number of nitrogen functional groups attached to an aromatic ring is 2. The maximum atomic E-state index is 5.50. The van der Waals surface area contributed by atoms with Crippen LogP contribution in [0, 0.1) is 6.92 Å². The fraction of sp³-hybridized carbons (Fsp3) is 0.167. The predicted molar refractivity (Wildman–Crippen MR) is 36.6 cm³/mol. The van der Waals surface area contributed by atoms with Crippen LogP contribution in [0.3, 0.4) is 0 Å². The van der Waals surface area contributed by atoms with Crippen molar-refractivity contribution in [2.24, 2.45) is 0 Å². The maximum Gasteiger partial charge on any atom is 0.270 e. The van der Waals surface area contributed by atoms with Gasteiger partial charge in [-0.1, -0.05) is 0 Å². The van der Waals surface area contributed by atoms with E-state index in [0.717, 1.165) is 11.4 Å². The molecule has 1 heterocycles. The van der Waals surface area contributed by atoms with Gasteiger partial charge < -0.3 is 5.73 Å². The third kappa shape index (κ3) is 1.10. The molecule has 0 atom stereocenters. The summed E-state index contributed by atoms with van der Waals surface area (Å²) in [5.74, 6) is 0.640. The van der Waals surface area contributed by atoms with Crippen LogP contribution in [0.25, 0.3) is 0 Å². The van der Waals surface area contributed by atoms with Gasteiger partial charge in [0.2, 0.25) is 0 Å². The van der Waals surface area contributed by atoms with E-state index in [4.69, 9.17) is 11.5 Å². The largest absolute Gasteiger partial charge is 0.396 e. The van der Waals surface area contributed by atoms with Crippen molar-refractivity contribution in [3.63, 3.8) is 0 Å². The molecule has 5 N–H and O–H groups in total. The minimum atomic E-state index is 0.640. The number of rotatable bonds is 0. The SMILES string of the molecule is Cc1[nH+]c(N)ccc1N. The molecule has 48 valence electrons. The van der Waals surface area contributed by atoms with Gasteiger partial charge in [0.15, 0.2) is 0 Å². The van der Waals surface area contributed by atoms with Crippen LogP contribution in [0.15, 0.2) is 12.1 Å². The Morgan fingerprint density at radius 3 is 2.44 bits per heavy atom. The van der Waals surface area contributed by atoms with E-state index in [9.17, 15) is 0 Å². The average Bonchev–Trinajstić information content (AvgIpc) is 1.80. The van der Waals surface area contributed by atoms with E-state index in [-0.39, 0.29) is 0 Å². The van der Waals surface area contributed by atoms with Crippen LogP contribution in [0.1, 0.15) is 5.69 Å². The average molecular weight is 124 g/mol. The lowest BCUT2D eigenvalue weighted by atomic mass is 10.3. The second-order valence-corrected chi connectivity index (χ2v) is 1.99. The van der Waals surface area contributed by atoms with Crippen molar-refractivity contribution in [2.45, 2.75) is 6.92 Å². The molecule has 1 rings (SSSR count). The summed E-state index contributed by atoms with van der Waals surface area (Å²) in [7, 11) is 0. The lowest BCUT2D eigenvalue weighted by molar-refractivity contribution is -0.369. The molecule has 3 nitrogen and oxygen atoms in total. The van der Waals surface area contributed by atoms with Crippen molar-refractivity contribution in [1.29, 1.82) is 0 Å². The third-order valence-corrected chi connectivity index (χ3v) is 1.21. The topological polar surface area (TPSA) is 66.2 Å². The van der Waals surface area contributed by atoms with Gasteiger partial charge >= 0.3 is 0 Å². The fourth-order valence-corrected chi connectivity index (χ4v) is 0.635. The molecule has 0 aliphatic heterocycles. The molecule has 0 unspecified atom stereocenters. The first-order chi connectivity index (χ1) is 4.20. The fourth-order valence-electron chi connectivity index (χ4n) is 0.635. The second-order valence-electron chi connectivity index (χ2n) is 1.99. The first-order valence-electron chi connectivity index (χ1n) is 2.74. The summed E-state index contributed by atoms with van der Waals surface area (Å²) >= 11 is 0. The number of aromatic nitrogens is 1. The Hall–Kier alpha value is -1.25. The molecule has 0 spiro atoms. The number of pyridine rings is 1. The zero-order valence-electron chi connectivity index (χ0n) is 5.31. The molecule has 0 amide bonds. The van der Waals surface area contributed by atoms with E-state index in [1.165, 1.54) is 0 Å². The molecule has 9 heavy (non-hydrogen) atoms. The Balaban J connectivity index is 3.17. The van der Waals surface area contributed by atoms with Crippen LogP contribution in [0.2, 0.25) is 0 Å². The number of aryl methyl sites for hydroxylation is 1. The molecule has 1 aromatic heterocycles. The highest BCUT2D eigenvalue weighted by atomic mass is 14.8. The van der Waals surface area contributed by atoms with Gasteiger partial charge in [0.1, 0.15) is 5.69 Å². The maximum absolute atomic E-state index is 5.50. The van der Waals surface area contributed by atoms with Crippen molar-refractivity contribution >= 4 is 11.5 Å². The number of nitrogens with two attached hydrogens (primary N) is 2. The highest BCUT2D eigenvalue weighted by molar-refractivity contribution is 5.42. The first kappa shape index (κ1) is 5.88. The zero-order chi connectivity index (χ0) is 6.85. The summed E-state index contributed by atoms with van der Waals surface area (Å²) < 4.78 is 0. The number of hydrogen-bond acceptors (Lipinski definition) is 2. The number of nitrogens with one attached hydrogen (secondary N) is 1. The minimum absolute atomic E-state index is 0.640. The molecule has 0 aliphatic rings. The second kappa shape index (κ2) is 1.93. The Morgan fingerprint density at radius 2 is 2.00 bits per heavy atom. The van der Waals surface area contributed by atoms with Crippen LogP contribution in [0.4, 0.5) is 11.5 Å². The van der Waals surface area contributed by atoms with Crippen molar-refractivity contribution < 1.29 is 4.98 Å². The smallest absolute Gasteiger partial charge is 0.270 e. The summed E-state index contributed by atoms with van der Waals surface area (Å²) in [5, 5.41) is 0. The number of hydrogen-bond donors (Lipinski definition) is 2. The highest BCUT2D eigenvalue weighted by Crippen LogP contribution is 2.03. The summed E-state index contributed by atoms with van der Waals surface area (Å²) in [6, 6.07) is 3.52. The Labute approximate surface area is 53.7 Å². The Bertz CT molecular complexity index is 220. The predicted octanol–water partition coefficient (Wildman–Crippen LogP) is -0.0265. The molecule has 0 saturated carbocycles.